The molecule has 12 heteroatoms. The van der Waals surface area contributed by atoms with Gasteiger partial charge in [-0.2, -0.15) is 0 Å². The lowest BCUT2D eigenvalue weighted by atomic mass is 9.96. The normalized spacial score (nSPS) is 40.1. The van der Waals surface area contributed by atoms with E-state index in [0.717, 1.165) is 0 Å². The predicted octanol–water partition coefficient (Wildman–Crippen LogP) is -3.07. The molecule has 0 radical (unpaired) electrons. The molecule has 10 atom stereocenters. The van der Waals surface area contributed by atoms with Crippen molar-refractivity contribution in [3.63, 3.8) is 0 Å². The number of hydrogen-bond donors (Lipinski definition) is 8. The fourth-order valence-electron chi connectivity index (χ4n) is 3.67. The molecule has 0 spiro atoms. The summed E-state index contributed by atoms with van der Waals surface area (Å²) in [5, 5.41) is 72.9. The number of anilines is 1. The highest BCUT2D eigenvalue weighted by atomic mass is 16.7. The fraction of sp³-hybridized carbons (Fsp3) is 0.650. The molecule has 0 saturated carbocycles. The van der Waals surface area contributed by atoms with Crippen LogP contribution in [0.1, 0.15) is 17.3 Å². The second-order valence-electron chi connectivity index (χ2n) is 7.83. The number of hydrogen-bond acceptors (Lipinski definition) is 12. The molecular formula is C20H29NO11. The summed E-state index contributed by atoms with van der Waals surface area (Å²) in [4.78, 5) is 11.4. The number of aliphatic hydroxyl groups excluding tert-OH is 7. The maximum absolute atomic E-state index is 11.4. The van der Waals surface area contributed by atoms with E-state index in [9.17, 15) is 40.5 Å². The van der Waals surface area contributed by atoms with Gasteiger partial charge in [-0.25, -0.2) is 0 Å². The van der Waals surface area contributed by atoms with Gasteiger partial charge in [-0.1, -0.05) is 0 Å². The van der Waals surface area contributed by atoms with Crippen molar-refractivity contribution < 1.29 is 54.8 Å². The monoisotopic (exact) mass is 459 g/mol. The Morgan fingerprint density at radius 2 is 1.50 bits per heavy atom. The Kier molecular flexibility index (Phi) is 8.16. The van der Waals surface area contributed by atoms with Gasteiger partial charge in [-0.15, -0.1) is 0 Å². The third kappa shape index (κ3) is 5.10. The Labute approximate surface area is 183 Å². The lowest BCUT2D eigenvalue weighted by Gasteiger charge is -2.46. The summed E-state index contributed by atoms with van der Waals surface area (Å²) in [6.07, 6.45) is -14.7. The molecule has 3 rings (SSSR count). The smallest absolute Gasteiger partial charge is 0.187 e. The van der Waals surface area contributed by atoms with Crippen molar-refractivity contribution in [3.8, 4) is 0 Å². The first-order valence-corrected chi connectivity index (χ1v) is 10.1. The van der Waals surface area contributed by atoms with Crippen LogP contribution in [-0.4, -0.2) is 116 Å². The number of benzene rings is 1. The second-order valence-corrected chi connectivity index (χ2v) is 7.83. The first kappa shape index (κ1) is 24.9. The van der Waals surface area contributed by atoms with Gasteiger partial charge in [-0.05, 0) is 31.2 Å². The van der Waals surface area contributed by atoms with Gasteiger partial charge >= 0.3 is 0 Å². The largest absolute Gasteiger partial charge is 0.394 e. The van der Waals surface area contributed by atoms with Gasteiger partial charge < -0.3 is 55.3 Å². The van der Waals surface area contributed by atoms with Gasteiger partial charge in [0.2, 0.25) is 0 Å². The van der Waals surface area contributed by atoms with Crippen LogP contribution in [0.15, 0.2) is 24.3 Å². The van der Waals surface area contributed by atoms with Crippen LogP contribution in [0, 0.1) is 0 Å². The first-order valence-electron chi connectivity index (χ1n) is 10.1. The van der Waals surface area contributed by atoms with Crippen molar-refractivity contribution in [2.75, 3.05) is 18.5 Å². The summed E-state index contributed by atoms with van der Waals surface area (Å²) >= 11 is 0. The zero-order valence-corrected chi connectivity index (χ0v) is 17.3. The van der Waals surface area contributed by atoms with E-state index in [1.54, 1.807) is 24.3 Å². The topological polar surface area (TPSA) is 198 Å². The zero-order chi connectivity index (χ0) is 23.6. The molecule has 2 aliphatic rings. The summed E-state index contributed by atoms with van der Waals surface area (Å²) in [5.41, 5.74) is 0.971. The minimum absolute atomic E-state index is 0.116. The average Bonchev–Trinajstić information content (AvgIpc) is 2.79. The minimum Gasteiger partial charge on any atom is -0.394 e. The number of ether oxygens (including phenoxy) is 3. The van der Waals surface area contributed by atoms with Crippen LogP contribution in [-0.2, 0) is 14.2 Å². The molecule has 0 bridgehead atoms. The molecule has 0 aromatic heterocycles. The number of aliphatic hydroxyl groups is 7. The lowest BCUT2D eigenvalue weighted by molar-refractivity contribution is -0.340. The summed E-state index contributed by atoms with van der Waals surface area (Å²) in [5.74, 6) is -0.116. The summed E-state index contributed by atoms with van der Waals surface area (Å²) in [6.45, 7) is 0.122. The quantitative estimate of drug-likeness (QED) is 0.192. The minimum atomic E-state index is -1.73. The van der Waals surface area contributed by atoms with Crippen molar-refractivity contribution in [1.82, 2.24) is 0 Å². The molecule has 0 unspecified atom stereocenters. The van der Waals surface area contributed by atoms with E-state index >= 15 is 0 Å². The molecule has 32 heavy (non-hydrogen) atoms. The van der Waals surface area contributed by atoms with E-state index in [0.29, 0.717) is 11.3 Å². The third-order valence-corrected chi connectivity index (χ3v) is 5.60. The SMILES string of the molecule is CC(=O)c1ccc(N[C@@H]2O[C@H](CO)[C@@H](O[C@H]3O[C@@H](CO)[C@H](O)[C@@H](O)[C@@H]3O)[C@H](O)[C@@H]2O)cc1. The first-order chi connectivity index (χ1) is 15.2. The van der Waals surface area contributed by atoms with Crippen molar-refractivity contribution >= 4 is 11.5 Å². The number of nitrogens with one attached hydrogen (secondary N) is 1. The Bertz CT molecular complexity index is 758. The van der Waals surface area contributed by atoms with Crippen molar-refractivity contribution in [3.05, 3.63) is 29.8 Å². The number of Topliss-reactive ketones (excluding diaryl/α,β-unsaturated/α-hetero) is 1. The van der Waals surface area contributed by atoms with E-state index < -0.39 is 74.6 Å². The van der Waals surface area contributed by atoms with E-state index in [1.165, 1.54) is 6.92 Å². The maximum Gasteiger partial charge on any atom is 0.187 e. The van der Waals surface area contributed by atoms with Gasteiger partial charge in [0.25, 0.3) is 0 Å². The molecule has 0 aliphatic carbocycles. The number of carbonyl (C=O) groups excluding carboxylic acids is 1. The average molecular weight is 459 g/mol. The lowest BCUT2D eigenvalue weighted by Crippen LogP contribution is -2.65. The highest BCUT2D eigenvalue weighted by Gasteiger charge is 2.50. The molecular weight excluding hydrogens is 430 g/mol. The summed E-state index contributed by atoms with van der Waals surface area (Å²) in [6, 6.07) is 6.32. The van der Waals surface area contributed by atoms with Crippen molar-refractivity contribution in [1.29, 1.82) is 0 Å². The number of ketones is 1. The molecule has 2 fully saturated rings. The Hall–Kier alpha value is -1.71. The van der Waals surface area contributed by atoms with Crippen LogP contribution < -0.4 is 5.32 Å². The number of rotatable bonds is 7. The summed E-state index contributed by atoms with van der Waals surface area (Å²) in [7, 11) is 0. The van der Waals surface area contributed by atoms with Gasteiger partial charge in [0.1, 0.15) is 48.8 Å². The van der Waals surface area contributed by atoms with Crippen LogP contribution in [0.4, 0.5) is 5.69 Å². The molecule has 8 N–H and O–H groups in total. The molecule has 12 nitrogen and oxygen atoms in total. The summed E-state index contributed by atoms with van der Waals surface area (Å²) < 4.78 is 16.4. The maximum atomic E-state index is 11.4. The Balaban J connectivity index is 1.70. The van der Waals surface area contributed by atoms with Crippen molar-refractivity contribution in [2.45, 2.75) is 68.3 Å². The van der Waals surface area contributed by atoms with Crippen LogP contribution in [0.3, 0.4) is 0 Å². The van der Waals surface area contributed by atoms with Gasteiger partial charge in [-0.3, -0.25) is 4.79 Å². The van der Waals surface area contributed by atoms with E-state index in [2.05, 4.69) is 5.32 Å². The highest BCUT2D eigenvalue weighted by Crippen LogP contribution is 2.29. The molecule has 2 heterocycles. The fourth-order valence-corrected chi connectivity index (χ4v) is 3.67. The molecule has 2 aliphatic heterocycles. The van der Waals surface area contributed by atoms with Crippen LogP contribution in [0.5, 0.6) is 0 Å². The molecule has 1 aromatic rings. The van der Waals surface area contributed by atoms with Gasteiger partial charge in [0.15, 0.2) is 18.3 Å². The van der Waals surface area contributed by atoms with Crippen molar-refractivity contribution in [2.24, 2.45) is 0 Å². The molecule has 2 saturated heterocycles. The van der Waals surface area contributed by atoms with E-state index in [1.807, 2.05) is 0 Å². The predicted molar refractivity (Wildman–Crippen MR) is 106 cm³/mol. The Morgan fingerprint density at radius 1 is 0.875 bits per heavy atom. The van der Waals surface area contributed by atoms with Crippen LogP contribution >= 0.6 is 0 Å². The molecule has 180 valence electrons. The van der Waals surface area contributed by atoms with Gasteiger partial charge in [0.05, 0.1) is 13.2 Å². The van der Waals surface area contributed by atoms with Gasteiger partial charge in [0, 0.05) is 11.3 Å². The number of carbonyl (C=O) groups is 1. The molecule has 1 aromatic carbocycles. The second kappa shape index (κ2) is 10.5. The van der Waals surface area contributed by atoms with Crippen LogP contribution in [0.25, 0.3) is 0 Å². The Morgan fingerprint density at radius 3 is 2.06 bits per heavy atom. The zero-order valence-electron chi connectivity index (χ0n) is 17.3. The van der Waals surface area contributed by atoms with Crippen LogP contribution in [0.2, 0.25) is 0 Å². The van der Waals surface area contributed by atoms with E-state index in [-0.39, 0.29) is 5.78 Å². The molecule has 0 amide bonds. The standard InChI is InChI=1S/C20H29NO11/c1-8(24)9-2-4-10(5-3-9)21-19-16(28)15(27)18(12(7-23)30-19)32-20-17(29)14(26)13(25)11(6-22)31-20/h2-5,11-23,25-29H,6-7H2,1H3/t11-,12+,13-,14+,15+,16-,17-,18+,19+,20+/m0/s1. The highest BCUT2D eigenvalue weighted by molar-refractivity contribution is 5.94. The third-order valence-electron chi connectivity index (χ3n) is 5.60. The van der Waals surface area contributed by atoms with E-state index in [4.69, 9.17) is 14.2 Å².